The molecule has 1 aromatic heterocycles. The largest absolute Gasteiger partial charge is 0.497 e. The summed E-state index contributed by atoms with van der Waals surface area (Å²) < 4.78 is 15.6. The first kappa shape index (κ1) is 22.1. The summed E-state index contributed by atoms with van der Waals surface area (Å²) >= 11 is 0. The molecule has 0 bridgehead atoms. The van der Waals surface area contributed by atoms with E-state index in [0.717, 1.165) is 5.82 Å². The van der Waals surface area contributed by atoms with Crippen molar-refractivity contribution in [3.05, 3.63) is 47.7 Å². The summed E-state index contributed by atoms with van der Waals surface area (Å²) in [5.41, 5.74) is 5.88. The highest BCUT2D eigenvalue weighted by molar-refractivity contribution is 6.00. The van der Waals surface area contributed by atoms with Gasteiger partial charge in [-0.2, -0.15) is 0 Å². The minimum atomic E-state index is -0.526. The Morgan fingerprint density at radius 3 is 2.42 bits per heavy atom. The molecule has 0 radical (unpaired) electrons. The van der Waals surface area contributed by atoms with Gasteiger partial charge in [0.2, 0.25) is 11.7 Å². The lowest BCUT2D eigenvalue weighted by Crippen LogP contribution is -2.37. The van der Waals surface area contributed by atoms with E-state index in [9.17, 15) is 14.4 Å². The lowest BCUT2D eigenvalue weighted by Gasteiger charge is -2.31. The standard InChI is InChI=1S/C22H25N3O6/c1-29-16-4-5-19(30-2)17(11-16)18(26)13-31-22(28)14-7-9-25(10-8-14)20-6-3-15(12-24-20)21(23)27/h3-6,11-12,14H,7-10,13H2,1-2H3,(H2,23,27). The van der Waals surface area contributed by atoms with Crippen LogP contribution in [0, 0.1) is 5.92 Å². The maximum absolute atomic E-state index is 12.5. The highest BCUT2D eigenvalue weighted by atomic mass is 16.5. The van der Waals surface area contributed by atoms with Gasteiger partial charge in [-0.15, -0.1) is 0 Å². The van der Waals surface area contributed by atoms with Crippen LogP contribution in [0.3, 0.4) is 0 Å². The summed E-state index contributed by atoms with van der Waals surface area (Å²) in [4.78, 5) is 42.4. The number of nitrogens with zero attached hydrogens (tertiary/aromatic N) is 2. The number of ether oxygens (including phenoxy) is 3. The van der Waals surface area contributed by atoms with Gasteiger partial charge in [0.15, 0.2) is 6.61 Å². The molecule has 3 rings (SSSR count). The molecule has 0 aliphatic carbocycles. The zero-order valence-electron chi connectivity index (χ0n) is 17.5. The highest BCUT2D eigenvalue weighted by Gasteiger charge is 2.27. The van der Waals surface area contributed by atoms with E-state index in [4.69, 9.17) is 19.9 Å². The van der Waals surface area contributed by atoms with Crippen molar-refractivity contribution < 1.29 is 28.6 Å². The average molecular weight is 427 g/mol. The molecule has 1 aromatic carbocycles. The summed E-state index contributed by atoms with van der Waals surface area (Å²) in [6, 6.07) is 8.24. The predicted molar refractivity (Wildman–Crippen MR) is 113 cm³/mol. The number of nitrogens with two attached hydrogens (primary N) is 1. The topological polar surface area (TPSA) is 121 Å². The maximum Gasteiger partial charge on any atom is 0.309 e. The molecule has 1 fully saturated rings. The molecule has 1 aliphatic heterocycles. The van der Waals surface area contributed by atoms with E-state index >= 15 is 0 Å². The number of Topliss-reactive ketones (excluding diaryl/α,β-unsaturated/α-hetero) is 1. The van der Waals surface area contributed by atoms with Gasteiger partial charge in [0.1, 0.15) is 17.3 Å². The fourth-order valence-corrected chi connectivity index (χ4v) is 3.43. The molecule has 1 saturated heterocycles. The van der Waals surface area contributed by atoms with Crippen LogP contribution in [0.15, 0.2) is 36.5 Å². The van der Waals surface area contributed by atoms with E-state index in [1.807, 2.05) is 4.90 Å². The normalized spacial score (nSPS) is 14.1. The molecule has 164 valence electrons. The predicted octanol–water partition coefficient (Wildman–Crippen LogP) is 1.84. The number of pyridine rings is 1. The van der Waals surface area contributed by atoms with Crippen LogP contribution in [0.1, 0.15) is 33.6 Å². The van der Waals surface area contributed by atoms with E-state index in [1.165, 1.54) is 20.4 Å². The van der Waals surface area contributed by atoms with Crippen molar-refractivity contribution in [1.82, 2.24) is 4.98 Å². The van der Waals surface area contributed by atoms with Crippen LogP contribution in [-0.2, 0) is 9.53 Å². The number of carbonyl (C=O) groups excluding carboxylic acids is 3. The van der Waals surface area contributed by atoms with E-state index in [2.05, 4.69) is 4.98 Å². The molecule has 9 nitrogen and oxygen atoms in total. The van der Waals surface area contributed by atoms with Crippen LogP contribution in [0.5, 0.6) is 11.5 Å². The Labute approximate surface area is 180 Å². The van der Waals surface area contributed by atoms with Gasteiger partial charge in [-0.3, -0.25) is 14.4 Å². The molecule has 2 aromatic rings. The molecular weight excluding hydrogens is 402 g/mol. The second-order valence-corrected chi connectivity index (χ2v) is 7.13. The minimum Gasteiger partial charge on any atom is -0.497 e. The van der Waals surface area contributed by atoms with E-state index in [1.54, 1.807) is 30.3 Å². The first-order valence-corrected chi connectivity index (χ1v) is 9.85. The van der Waals surface area contributed by atoms with Crippen molar-refractivity contribution in [3.8, 4) is 11.5 Å². The quantitative estimate of drug-likeness (QED) is 0.500. The summed E-state index contributed by atoms with van der Waals surface area (Å²) in [5, 5.41) is 0. The van der Waals surface area contributed by atoms with Gasteiger partial charge < -0.3 is 24.8 Å². The van der Waals surface area contributed by atoms with Crippen LogP contribution in [0.4, 0.5) is 5.82 Å². The molecule has 9 heteroatoms. The maximum atomic E-state index is 12.5. The Kier molecular flexibility index (Phi) is 7.07. The number of primary amides is 1. The number of hydrogen-bond acceptors (Lipinski definition) is 8. The fraction of sp³-hybridized carbons (Fsp3) is 0.364. The molecule has 0 unspecified atom stereocenters. The number of aromatic nitrogens is 1. The van der Waals surface area contributed by atoms with Gasteiger partial charge >= 0.3 is 5.97 Å². The number of benzene rings is 1. The number of piperidine rings is 1. The SMILES string of the molecule is COc1ccc(OC)c(C(=O)COC(=O)C2CCN(c3ccc(C(N)=O)cn3)CC2)c1. The van der Waals surface area contributed by atoms with Gasteiger partial charge in [-0.25, -0.2) is 4.98 Å². The molecule has 2 N–H and O–H groups in total. The van der Waals surface area contributed by atoms with Gasteiger partial charge in [0.25, 0.3) is 0 Å². The lowest BCUT2D eigenvalue weighted by atomic mass is 9.97. The summed E-state index contributed by atoms with van der Waals surface area (Å²) in [6.45, 7) is 0.861. The number of methoxy groups -OCH3 is 2. The molecular formula is C22H25N3O6. The van der Waals surface area contributed by atoms with Crippen molar-refractivity contribution in [2.75, 3.05) is 38.8 Å². The molecule has 1 aliphatic rings. The minimum absolute atomic E-state index is 0.291. The van der Waals surface area contributed by atoms with Crippen molar-refractivity contribution >= 4 is 23.5 Å². The van der Waals surface area contributed by atoms with Crippen molar-refractivity contribution in [3.63, 3.8) is 0 Å². The third-order valence-electron chi connectivity index (χ3n) is 5.24. The fourth-order valence-electron chi connectivity index (χ4n) is 3.43. The smallest absolute Gasteiger partial charge is 0.309 e. The zero-order chi connectivity index (χ0) is 22.4. The number of hydrogen-bond donors (Lipinski definition) is 1. The Hall–Kier alpha value is -3.62. The Bertz CT molecular complexity index is 952. The first-order chi connectivity index (χ1) is 14.9. The number of rotatable bonds is 8. The van der Waals surface area contributed by atoms with Crippen LogP contribution in [0.25, 0.3) is 0 Å². The summed E-state index contributed by atoms with van der Waals surface area (Å²) in [6.07, 6.45) is 2.60. The van der Waals surface area contributed by atoms with E-state index in [-0.39, 0.29) is 18.3 Å². The van der Waals surface area contributed by atoms with Crippen LogP contribution in [0.2, 0.25) is 0 Å². The van der Waals surface area contributed by atoms with Gasteiger partial charge in [-0.1, -0.05) is 0 Å². The van der Waals surface area contributed by atoms with Crippen molar-refractivity contribution in [1.29, 1.82) is 0 Å². The molecule has 2 heterocycles. The Morgan fingerprint density at radius 2 is 1.84 bits per heavy atom. The lowest BCUT2D eigenvalue weighted by molar-refractivity contribution is -0.148. The third kappa shape index (κ3) is 5.30. The van der Waals surface area contributed by atoms with Gasteiger partial charge in [-0.05, 0) is 43.2 Å². The molecule has 0 spiro atoms. The van der Waals surface area contributed by atoms with Gasteiger partial charge in [0.05, 0.1) is 31.3 Å². The van der Waals surface area contributed by atoms with Crippen molar-refractivity contribution in [2.45, 2.75) is 12.8 Å². The highest BCUT2D eigenvalue weighted by Crippen LogP contribution is 2.26. The Morgan fingerprint density at radius 1 is 1.10 bits per heavy atom. The zero-order valence-corrected chi connectivity index (χ0v) is 17.5. The second-order valence-electron chi connectivity index (χ2n) is 7.13. The number of esters is 1. The number of ketones is 1. The van der Waals surface area contributed by atoms with Crippen LogP contribution < -0.4 is 20.1 Å². The number of amides is 1. The molecule has 1 amide bonds. The first-order valence-electron chi connectivity index (χ1n) is 9.85. The molecule has 0 atom stereocenters. The van der Waals surface area contributed by atoms with Gasteiger partial charge in [0, 0.05) is 19.3 Å². The monoisotopic (exact) mass is 427 g/mol. The summed E-state index contributed by atoms with van der Waals surface area (Å²) in [7, 11) is 2.97. The molecule has 31 heavy (non-hydrogen) atoms. The van der Waals surface area contributed by atoms with E-state index < -0.39 is 11.9 Å². The number of anilines is 1. The third-order valence-corrected chi connectivity index (χ3v) is 5.24. The average Bonchev–Trinajstić information content (AvgIpc) is 2.82. The van der Waals surface area contributed by atoms with Crippen LogP contribution >= 0.6 is 0 Å². The van der Waals surface area contributed by atoms with E-state index in [0.29, 0.717) is 48.6 Å². The second kappa shape index (κ2) is 9.92. The Balaban J connectivity index is 1.52. The van der Waals surface area contributed by atoms with Crippen LogP contribution in [-0.4, -0.2) is 56.6 Å². The van der Waals surface area contributed by atoms with Crippen molar-refractivity contribution in [2.24, 2.45) is 11.7 Å². The molecule has 0 saturated carbocycles. The summed E-state index contributed by atoms with van der Waals surface area (Å²) in [5.74, 6) is 0.0531. The number of carbonyl (C=O) groups is 3.